The predicted octanol–water partition coefficient (Wildman–Crippen LogP) is 1.99. The maximum atomic E-state index is 13.2. The van der Waals surface area contributed by atoms with Crippen molar-refractivity contribution in [2.24, 2.45) is 0 Å². The summed E-state index contributed by atoms with van der Waals surface area (Å²) in [5.41, 5.74) is 0.258. The molecule has 1 amide bonds. The van der Waals surface area contributed by atoms with E-state index in [2.05, 4.69) is 15.0 Å². The number of esters is 2. The molecule has 0 bridgehead atoms. The Bertz CT molecular complexity index is 1200. The largest absolute Gasteiger partial charge is 0.469 e. The van der Waals surface area contributed by atoms with Crippen LogP contribution in [0.15, 0.2) is 51.0 Å². The van der Waals surface area contributed by atoms with Crippen LogP contribution in [0.2, 0.25) is 0 Å². The Kier molecular flexibility index (Phi) is 8.25. The van der Waals surface area contributed by atoms with E-state index in [1.165, 1.54) is 43.2 Å². The monoisotopic (exact) mass is 473 g/mol. The van der Waals surface area contributed by atoms with Crippen molar-refractivity contribution in [3.8, 4) is 0 Å². The lowest BCUT2D eigenvalue weighted by Crippen LogP contribution is -2.28. The first-order chi connectivity index (χ1) is 15.9. The second kappa shape index (κ2) is 11.3. The van der Waals surface area contributed by atoms with E-state index in [-0.39, 0.29) is 41.7 Å². The summed E-state index contributed by atoms with van der Waals surface area (Å²) in [5, 5.41) is 3.34. The Morgan fingerprint density at radius 1 is 1.18 bits per heavy atom. The molecule has 33 heavy (non-hydrogen) atoms. The number of nitrogens with one attached hydrogen (secondary N) is 1. The molecular formula is C22H23N3O7S. The molecular weight excluding hydrogens is 450 g/mol. The number of fused-ring (bicyclic) bond motifs is 1. The molecule has 0 atom stereocenters. The third-order valence-electron chi connectivity index (χ3n) is 4.68. The van der Waals surface area contributed by atoms with E-state index >= 15 is 0 Å². The number of aromatic nitrogens is 2. The molecule has 0 aliphatic heterocycles. The maximum Gasteiger partial charge on any atom is 0.337 e. The highest BCUT2D eigenvalue weighted by Crippen LogP contribution is 2.20. The van der Waals surface area contributed by atoms with Gasteiger partial charge >= 0.3 is 11.9 Å². The number of ether oxygens (including phenoxy) is 2. The van der Waals surface area contributed by atoms with Gasteiger partial charge in [0.2, 0.25) is 5.91 Å². The van der Waals surface area contributed by atoms with Crippen LogP contribution in [0.3, 0.4) is 0 Å². The number of methoxy groups -OCH3 is 2. The molecule has 11 heteroatoms. The zero-order chi connectivity index (χ0) is 23.8. The quantitative estimate of drug-likeness (QED) is 0.203. The van der Waals surface area contributed by atoms with Crippen LogP contribution in [0.5, 0.6) is 0 Å². The summed E-state index contributed by atoms with van der Waals surface area (Å²) >= 11 is 1.09. The number of amides is 1. The summed E-state index contributed by atoms with van der Waals surface area (Å²) in [7, 11) is 2.58. The molecule has 1 aromatic carbocycles. The fourth-order valence-corrected chi connectivity index (χ4v) is 3.83. The number of furan rings is 1. The van der Waals surface area contributed by atoms with Gasteiger partial charge in [-0.2, -0.15) is 0 Å². The van der Waals surface area contributed by atoms with Crippen LogP contribution in [0, 0.1) is 0 Å². The second-order valence-electron chi connectivity index (χ2n) is 6.91. The van der Waals surface area contributed by atoms with Crippen molar-refractivity contribution in [2.45, 2.75) is 24.5 Å². The minimum atomic E-state index is -0.543. The number of carbonyl (C=O) groups excluding carboxylic acids is 3. The van der Waals surface area contributed by atoms with Gasteiger partial charge < -0.3 is 19.2 Å². The average molecular weight is 474 g/mol. The Hall–Kier alpha value is -3.60. The average Bonchev–Trinajstić information content (AvgIpc) is 3.34. The number of nitrogens with zero attached hydrogens (tertiary/aromatic N) is 2. The lowest BCUT2D eigenvalue weighted by Gasteiger charge is -2.12. The Morgan fingerprint density at radius 2 is 2.00 bits per heavy atom. The van der Waals surface area contributed by atoms with E-state index in [0.717, 1.165) is 11.8 Å². The van der Waals surface area contributed by atoms with Crippen LogP contribution in [0.4, 0.5) is 0 Å². The van der Waals surface area contributed by atoms with Crippen LogP contribution in [0.25, 0.3) is 10.9 Å². The van der Waals surface area contributed by atoms with Gasteiger partial charge in [-0.25, -0.2) is 9.78 Å². The molecule has 0 fully saturated rings. The smallest absolute Gasteiger partial charge is 0.337 e. The number of thioether (sulfide) groups is 1. The highest BCUT2D eigenvalue weighted by atomic mass is 32.2. The van der Waals surface area contributed by atoms with Crippen molar-refractivity contribution >= 4 is 40.5 Å². The van der Waals surface area contributed by atoms with E-state index in [4.69, 9.17) is 9.15 Å². The number of rotatable bonds is 10. The molecule has 0 unspecified atom stereocenters. The van der Waals surface area contributed by atoms with Crippen LogP contribution in [-0.4, -0.2) is 53.9 Å². The maximum absolute atomic E-state index is 13.2. The lowest BCUT2D eigenvalue weighted by atomic mass is 10.1. The highest BCUT2D eigenvalue weighted by Gasteiger charge is 2.16. The van der Waals surface area contributed by atoms with Crippen molar-refractivity contribution in [3.05, 3.63) is 58.3 Å². The molecule has 2 heterocycles. The second-order valence-corrected chi connectivity index (χ2v) is 7.85. The van der Waals surface area contributed by atoms with Gasteiger partial charge in [-0.05, 0) is 36.8 Å². The topological polar surface area (TPSA) is 130 Å². The van der Waals surface area contributed by atoms with Crippen molar-refractivity contribution in [1.29, 1.82) is 0 Å². The summed E-state index contributed by atoms with van der Waals surface area (Å²) in [4.78, 5) is 53.0. The first kappa shape index (κ1) is 24.1. The summed E-state index contributed by atoms with van der Waals surface area (Å²) < 4.78 is 16.1. The first-order valence-electron chi connectivity index (χ1n) is 10.0. The van der Waals surface area contributed by atoms with Gasteiger partial charge in [-0.15, -0.1) is 0 Å². The molecule has 3 aromatic rings. The van der Waals surface area contributed by atoms with Gasteiger partial charge in [0.05, 0.1) is 49.2 Å². The van der Waals surface area contributed by atoms with Crippen LogP contribution < -0.4 is 10.9 Å². The summed E-state index contributed by atoms with van der Waals surface area (Å²) in [5.74, 6) is -0.595. The summed E-state index contributed by atoms with van der Waals surface area (Å²) in [6.07, 6.45) is 2.17. The van der Waals surface area contributed by atoms with Gasteiger partial charge in [0, 0.05) is 13.0 Å². The molecule has 174 valence electrons. The molecule has 0 aliphatic rings. The zero-order valence-electron chi connectivity index (χ0n) is 18.2. The third-order valence-corrected chi connectivity index (χ3v) is 5.65. The van der Waals surface area contributed by atoms with Crippen LogP contribution in [0.1, 0.15) is 29.0 Å². The third kappa shape index (κ3) is 6.22. The number of hydrogen-bond donors (Lipinski definition) is 1. The summed E-state index contributed by atoms with van der Waals surface area (Å²) in [6, 6.07) is 7.96. The van der Waals surface area contributed by atoms with Crippen molar-refractivity contribution in [3.63, 3.8) is 0 Å². The normalized spacial score (nSPS) is 10.7. The van der Waals surface area contributed by atoms with Crippen molar-refractivity contribution in [2.75, 3.05) is 26.5 Å². The molecule has 2 aromatic heterocycles. The molecule has 1 N–H and O–H groups in total. The molecule has 0 saturated carbocycles. The molecule has 0 aliphatic carbocycles. The fourth-order valence-electron chi connectivity index (χ4n) is 3.00. The Balaban J connectivity index is 1.82. The van der Waals surface area contributed by atoms with E-state index < -0.39 is 5.97 Å². The van der Waals surface area contributed by atoms with Gasteiger partial charge in [-0.1, -0.05) is 11.8 Å². The van der Waals surface area contributed by atoms with E-state index in [0.29, 0.717) is 34.8 Å². The van der Waals surface area contributed by atoms with Crippen molar-refractivity contribution in [1.82, 2.24) is 14.9 Å². The summed E-state index contributed by atoms with van der Waals surface area (Å²) in [6.45, 7) is 0.456. The minimum Gasteiger partial charge on any atom is -0.469 e. The predicted molar refractivity (Wildman–Crippen MR) is 120 cm³/mol. The minimum absolute atomic E-state index is 0.00498. The van der Waals surface area contributed by atoms with Crippen molar-refractivity contribution < 1.29 is 28.3 Å². The molecule has 3 rings (SSSR count). The SMILES string of the molecule is COC(=O)CCCNC(=O)CSc1nc2cc(C(=O)OC)ccc2c(=O)n1Cc1ccco1. The van der Waals surface area contributed by atoms with E-state index in [1.54, 1.807) is 12.1 Å². The number of benzene rings is 1. The fraction of sp³-hybridized carbons (Fsp3) is 0.318. The zero-order valence-corrected chi connectivity index (χ0v) is 19.0. The van der Waals surface area contributed by atoms with Gasteiger partial charge in [-0.3, -0.25) is 19.0 Å². The highest BCUT2D eigenvalue weighted by molar-refractivity contribution is 7.99. The molecule has 0 saturated heterocycles. The van der Waals surface area contributed by atoms with Crippen LogP contribution in [-0.2, 0) is 25.6 Å². The molecule has 10 nitrogen and oxygen atoms in total. The van der Waals surface area contributed by atoms with Crippen LogP contribution >= 0.6 is 11.8 Å². The van der Waals surface area contributed by atoms with Gasteiger partial charge in [0.25, 0.3) is 5.56 Å². The first-order valence-corrected chi connectivity index (χ1v) is 11.0. The molecule has 0 radical (unpaired) electrons. The lowest BCUT2D eigenvalue weighted by molar-refractivity contribution is -0.140. The van der Waals surface area contributed by atoms with E-state index in [9.17, 15) is 19.2 Å². The van der Waals surface area contributed by atoms with E-state index in [1.807, 2.05) is 0 Å². The van der Waals surface area contributed by atoms with Gasteiger partial charge in [0.1, 0.15) is 5.76 Å². The number of carbonyl (C=O) groups is 3. The standard InChI is InChI=1S/C22H23N3O7S/c1-30-19(27)6-3-9-23-18(26)13-33-22-24-17-11-14(21(29)31-2)7-8-16(17)20(28)25(22)12-15-5-4-10-32-15/h4-5,7-8,10-11H,3,6,9,12-13H2,1-2H3,(H,23,26). The molecule has 0 spiro atoms. The number of hydrogen-bond acceptors (Lipinski definition) is 9. The Labute approximate surface area is 193 Å². The van der Waals surface area contributed by atoms with Gasteiger partial charge in [0.15, 0.2) is 5.16 Å². The Morgan fingerprint density at radius 3 is 2.70 bits per heavy atom.